The van der Waals surface area contributed by atoms with Crippen molar-refractivity contribution in [3.8, 4) is 0 Å². The summed E-state index contributed by atoms with van der Waals surface area (Å²) in [6.45, 7) is 4.56. The summed E-state index contributed by atoms with van der Waals surface area (Å²) < 4.78 is 39.5. The predicted octanol–water partition coefficient (Wildman–Crippen LogP) is 17.1. The standard InChI is InChI=1S/C60H107O11P/c1-4-7-10-13-16-19-22-25-28-31-34-37-40-43-46-49-58(62)67-53-57(71-60(64)51-48-45-42-39-36-33-30-27-24-21-18-15-12-9-6-3)55-69-72(65,66)68-54-56(52-61)70-59(63)50-47-44-41-38-35-32-29-26-23-20-17-14-11-8-5-2/h17-18,20-21,25-30,56-57,61H,4-16,19,22-24,31-55H2,1-3H3,(H,65,66)/b20-17-,21-18-,28-25-,29-26-,30-27-. The fourth-order valence-corrected chi connectivity index (χ4v) is 8.67. The van der Waals surface area contributed by atoms with Gasteiger partial charge in [-0.1, -0.05) is 197 Å². The van der Waals surface area contributed by atoms with Gasteiger partial charge in [0.2, 0.25) is 0 Å². The third-order valence-corrected chi connectivity index (χ3v) is 13.3. The number of carbonyl (C=O) groups is 3. The van der Waals surface area contributed by atoms with Gasteiger partial charge < -0.3 is 24.2 Å². The molecular formula is C60H107O11P. The molecule has 0 aromatic carbocycles. The largest absolute Gasteiger partial charge is 0.472 e. The van der Waals surface area contributed by atoms with Crippen LogP contribution in [0.25, 0.3) is 0 Å². The van der Waals surface area contributed by atoms with Crippen molar-refractivity contribution in [3.63, 3.8) is 0 Å². The van der Waals surface area contributed by atoms with E-state index < -0.39 is 57.8 Å². The van der Waals surface area contributed by atoms with Gasteiger partial charge in [-0.05, 0) is 109 Å². The normalized spacial score (nSPS) is 13.8. The number of hydrogen-bond acceptors (Lipinski definition) is 10. The van der Waals surface area contributed by atoms with E-state index in [1.165, 1.54) is 77.0 Å². The molecule has 3 unspecified atom stereocenters. The van der Waals surface area contributed by atoms with Gasteiger partial charge in [-0.15, -0.1) is 0 Å². The Morgan fingerprint density at radius 3 is 1.07 bits per heavy atom. The van der Waals surface area contributed by atoms with Crippen LogP contribution in [-0.2, 0) is 42.2 Å². The molecule has 72 heavy (non-hydrogen) atoms. The second-order valence-electron chi connectivity index (χ2n) is 19.4. The van der Waals surface area contributed by atoms with Gasteiger partial charge in [-0.25, -0.2) is 4.57 Å². The van der Waals surface area contributed by atoms with E-state index in [2.05, 4.69) is 81.5 Å². The molecule has 0 bridgehead atoms. The van der Waals surface area contributed by atoms with Crippen molar-refractivity contribution in [2.24, 2.45) is 0 Å². The van der Waals surface area contributed by atoms with Gasteiger partial charge in [0, 0.05) is 19.3 Å². The number of phosphoric acid groups is 1. The highest BCUT2D eigenvalue weighted by molar-refractivity contribution is 7.47. The fourth-order valence-electron chi connectivity index (χ4n) is 7.88. The zero-order valence-corrected chi connectivity index (χ0v) is 47.0. The van der Waals surface area contributed by atoms with Crippen LogP contribution in [0.4, 0.5) is 0 Å². The zero-order chi connectivity index (χ0) is 52.7. The molecule has 0 fully saturated rings. The van der Waals surface area contributed by atoms with E-state index in [4.69, 9.17) is 23.3 Å². The summed E-state index contributed by atoms with van der Waals surface area (Å²) in [5.74, 6) is -1.50. The molecule has 0 saturated heterocycles. The van der Waals surface area contributed by atoms with Crippen LogP contribution in [0.2, 0.25) is 0 Å². The molecular weight excluding hydrogens is 928 g/mol. The molecule has 0 aliphatic heterocycles. The summed E-state index contributed by atoms with van der Waals surface area (Å²) in [5, 5.41) is 9.81. The van der Waals surface area contributed by atoms with Crippen molar-refractivity contribution in [1.29, 1.82) is 0 Å². The number of ether oxygens (including phenoxy) is 3. The third-order valence-electron chi connectivity index (χ3n) is 12.4. The van der Waals surface area contributed by atoms with E-state index in [1.807, 2.05) is 0 Å². The van der Waals surface area contributed by atoms with Crippen molar-refractivity contribution < 1.29 is 52.2 Å². The van der Waals surface area contributed by atoms with E-state index in [0.717, 1.165) is 128 Å². The third kappa shape index (κ3) is 52.1. The van der Waals surface area contributed by atoms with Crippen molar-refractivity contribution in [1.82, 2.24) is 0 Å². The lowest BCUT2D eigenvalue weighted by atomic mass is 10.1. The Bertz CT molecular complexity index is 1440. The number of aliphatic hydroxyl groups is 1. The highest BCUT2D eigenvalue weighted by Gasteiger charge is 2.28. The second-order valence-corrected chi connectivity index (χ2v) is 20.9. The molecule has 418 valence electrons. The van der Waals surface area contributed by atoms with Gasteiger partial charge in [0.25, 0.3) is 0 Å². The molecule has 12 heteroatoms. The number of aliphatic hydroxyl groups excluding tert-OH is 1. The highest BCUT2D eigenvalue weighted by Crippen LogP contribution is 2.43. The summed E-state index contributed by atoms with van der Waals surface area (Å²) in [4.78, 5) is 48.5. The lowest BCUT2D eigenvalue weighted by Crippen LogP contribution is -2.30. The van der Waals surface area contributed by atoms with Gasteiger partial charge in [0.05, 0.1) is 19.8 Å². The van der Waals surface area contributed by atoms with Crippen LogP contribution >= 0.6 is 7.82 Å². The van der Waals surface area contributed by atoms with Gasteiger partial charge in [-0.2, -0.15) is 0 Å². The Hall–Kier alpha value is -2.82. The quantitative estimate of drug-likeness (QED) is 0.0197. The summed E-state index contributed by atoms with van der Waals surface area (Å²) >= 11 is 0. The second kappa shape index (κ2) is 54.4. The van der Waals surface area contributed by atoms with Crippen LogP contribution in [-0.4, -0.2) is 66.5 Å². The summed E-state index contributed by atoms with van der Waals surface area (Å²) in [5.41, 5.74) is 0. The van der Waals surface area contributed by atoms with E-state index in [-0.39, 0.29) is 25.9 Å². The van der Waals surface area contributed by atoms with Gasteiger partial charge in [-0.3, -0.25) is 23.4 Å². The highest BCUT2D eigenvalue weighted by atomic mass is 31.2. The van der Waals surface area contributed by atoms with E-state index in [0.29, 0.717) is 19.3 Å². The van der Waals surface area contributed by atoms with Crippen LogP contribution < -0.4 is 0 Å². The number of carbonyl (C=O) groups excluding carboxylic acids is 3. The lowest BCUT2D eigenvalue weighted by molar-refractivity contribution is -0.161. The average Bonchev–Trinajstić information content (AvgIpc) is 3.37. The smallest absolute Gasteiger partial charge is 0.462 e. The Morgan fingerprint density at radius 1 is 0.389 bits per heavy atom. The van der Waals surface area contributed by atoms with Crippen LogP contribution in [0.3, 0.4) is 0 Å². The number of allylic oxidation sites excluding steroid dienone is 10. The van der Waals surface area contributed by atoms with E-state index in [9.17, 15) is 28.9 Å². The van der Waals surface area contributed by atoms with Gasteiger partial charge in [0.1, 0.15) is 12.7 Å². The maximum absolute atomic E-state index is 12.9. The molecule has 0 amide bonds. The predicted molar refractivity (Wildman–Crippen MR) is 298 cm³/mol. The molecule has 3 atom stereocenters. The fraction of sp³-hybridized carbons (Fsp3) is 0.783. The number of phosphoric ester groups is 1. The van der Waals surface area contributed by atoms with Crippen LogP contribution in [0.15, 0.2) is 60.8 Å². The minimum absolute atomic E-state index is 0.149. The zero-order valence-electron chi connectivity index (χ0n) is 46.1. The van der Waals surface area contributed by atoms with Crippen LogP contribution in [0.5, 0.6) is 0 Å². The molecule has 0 heterocycles. The molecule has 0 aliphatic carbocycles. The van der Waals surface area contributed by atoms with Gasteiger partial charge in [0.15, 0.2) is 6.10 Å². The molecule has 0 spiro atoms. The first-order valence-corrected chi connectivity index (χ1v) is 30.7. The molecule has 0 saturated carbocycles. The molecule has 0 aromatic rings. The molecule has 2 N–H and O–H groups in total. The molecule has 11 nitrogen and oxygen atoms in total. The van der Waals surface area contributed by atoms with Crippen molar-refractivity contribution in [2.45, 2.75) is 277 Å². The summed E-state index contributed by atoms with van der Waals surface area (Å²) in [6.07, 6.45) is 58.8. The van der Waals surface area contributed by atoms with Crippen LogP contribution in [0, 0.1) is 0 Å². The first kappa shape index (κ1) is 69.2. The SMILES string of the molecule is CCCCC/C=C\C/C=C\CCCCCCCC(=O)OC(CO)COP(=O)(O)OCC(COC(=O)CCCCCCC/C=C\CCCCCCCC)OC(=O)CCCCCCC/C=C\C/C=C\CCCCC. The number of rotatable bonds is 54. The summed E-state index contributed by atoms with van der Waals surface area (Å²) in [6, 6.07) is 0. The van der Waals surface area contributed by atoms with E-state index >= 15 is 0 Å². The first-order chi connectivity index (χ1) is 35.2. The lowest BCUT2D eigenvalue weighted by Gasteiger charge is -2.21. The number of unbranched alkanes of at least 4 members (excludes halogenated alkanes) is 27. The van der Waals surface area contributed by atoms with Gasteiger partial charge >= 0.3 is 25.7 Å². The monoisotopic (exact) mass is 1030 g/mol. The van der Waals surface area contributed by atoms with Crippen LogP contribution in [0.1, 0.15) is 265 Å². The maximum Gasteiger partial charge on any atom is 0.472 e. The van der Waals surface area contributed by atoms with E-state index in [1.54, 1.807) is 0 Å². The topological polar surface area (TPSA) is 155 Å². The molecule has 0 rings (SSSR count). The Morgan fingerprint density at radius 2 is 0.681 bits per heavy atom. The Balaban J connectivity index is 4.75. The van der Waals surface area contributed by atoms with Crippen molar-refractivity contribution >= 4 is 25.7 Å². The van der Waals surface area contributed by atoms with Crippen molar-refractivity contribution in [2.75, 3.05) is 26.4 Å². The Labute approximate surface area is 440 Å². The molecule has 0 aromatic heterocycles. The first-order valence-electron chi connectivity index (χ1n) is 29.2. The number of hydrogen-bond donors (Lipinski definition) is 2. The maximum atomic E-state index is 12.9. The average molecular weight is 1040 g/mol. The minimum atomic E-state index is -4.76. The number of esters is 3. The van der Waals surface area contributed by atoms with Crippen molar-refractivity contribution in [3.05, 3.63) is 60.8 Å². The Kier molecular flexibility index (Phi) is 52.3. The molecule has 0 aliphatic rings. The molecule has 0 radical (unpaired) electrons. The summed E-state index contributed by atoms with van der Waals surface area (Å²) in [7, 11) is -4.76. The minimum Gasteiger partial charge on any atom is -0.462 e.